The highest BCUT2D eigenvalue weighted by Crippen LogP contribution is 2.32. The standard InChI is InChI=1S/C30H30N4/c1-33-27-16-7-6-10-21(27)18-29(33)25-14-9-15-26(32-25)30-19-24-22(11-8-17-28(24)34(30)2)20-31-23-12-4-3-5-13-23/h6-11,14-19H,3-5,12-13,20H2,1-2H3. The third-order valence-electron chi connectivity index (χ3n) is 7.31. The van der Waals surface area contributed by atoms with Crippen LogP contribution in [0.25, 0.3) is 44.6 Å². The highest BCUT2D eigenvalue weighted by atomic mass is 15.0. The topological polar surface area (TPSA) is 35.1 Å². The fourth-order valence-corrected chi connectivity index (χ4v) is 5.38. The molecular formula is C30H30N4. The number of hydrogen-bond donors (Lipinski definition) is 0. The molecule has 6 rings (SSSR count). The molecule has 0 atom stereocenters. The maximum absolute atomic E-state index is 5.11. The summed E-state index contributed by atoms with van der Waals surface area (Å²) in [4.78, 5) is 10.1. The average molecular weight is 447 g/mol. The van der Waals surface area contributed by atoms with Crippen LogP contribution in [0.4, 0.5) is 0 Å². The van der Waals surface area contributed by atoms with Crippen molar-refractivity contribution >= 4 is 27.5 Å². The lowest BCUT2D eigenvalue weighted by Crippen LogP contribution is -2.05. The lowest BCUT2D eigenvalue weighted by molar-refractivity contribution is 0.663. The van der Waals surface area contributed by atoms with E-state index in [9.17, 15) is 0 Å². The van der Waals surface area contributed by atoms with Gasteiger partial charge in [0.25, 0.3) is 0 Å². The number of benzene rings is 2. The van der Waals surface area contributed by atoms with E-state index in [-0.39, 0.29) is 0 Å². The minimum absolute atomic E-state index is 0.763. The van der Waals surface area contributed by atoms with Crippen LogP contribution >= 0.6 is 0 Å². The molecule has 0 bridgehead atoms. The molecule has 1 aliphatic rings. The van der Waals surface area contributed by atoms with Crippen LogP contribution in [-0.4, -0.2) is 19.8 Å². The molecule has 4 heteroatoms. The van der Waals surface area contributed by atoms with Crippen molar-refractivity contribution in [2.75, 3.05) is 0 Å². The van der Waals surface area contributed by atoms with Gasteiger partial charge in [0, 0.05) is 41.6 Å². The molecule has 5 aromatic rings. The maximum atomic E-state index is 5.11. The Morgan fingerprint density at radius 1 is 0.735 bits per heavy atom. The minimum Gasteiger partial charge on any atom is -0.342 e. The first-order chi connectivity index (χ1) is 16.7. The van der Waals surface area contributed by atoms with E-state index in [0.717, 1.165) is 29.3 Å². The van der Waals surface area contributed by atoms with Gasteiger partial charge in [-0.25, -0.2) is 4.98 Å². The smallest absolute Gasteiger partial charge is 0.0874 e. The Kier molecular flexibility index (Phi) is 5.29. The number of aromatic nitrogens is 3. The molecule has 2 aromatic carbocycles. The summed E-state index contributed by atoms with van der Waals surface area (Å²) >= 11 is 0. The molecule has 34 heavy (non-hydrogen) atoms. The summed E-state index contributed by atoms with van der Waals surface area (Å²) in [7, 11) is 4.25. The Bertz CT molecular complexity index is 1520. The average Bonchev–Trinajstić information content (AvgIpc) is 3.41. The highest BCUT2D eigenvalue weighted by Gasteiger charge is 2.15. The largest absolute Gasteiger partial charge is 0.342 e. The van der Waals surface area contributed by atoms with Gasteiger partial charge in [0.1, 0.15) is 0 Å². The second kappa shape index (κ2) is 8.60. The minimum atomic E-state index is 0.763. The maximum Gasteiger partial charge on any atom is 0.0874 e. The molecule has 4 nitrogen and oxygen atoms in total. The zero-order valence-electron chi connectivity index (χ0n) is 20.0. The van der Waals surface area contributed by atoms with Crippen molar-refractivity contribution in [1.82, 2.24) is 14.1 Å². The Morgan fingerprint density at radius 2 is 1.41 bits per heavy atom. The van der Waals surface area contributed by atoms with Crippen LogP contribution in [0.5, 0.6) is 0 Å². The van der Waals surface area contributed by atoms with Crippen LogP contribution in [0.1, 0.15) is 37.7 Å². The number of fused-ring (bicyclic) bond motifs is 2. The number of pyridine rings is 1. The monoisotopic (exact) mass is 446 g/mol. The third-order valence-corrected chi connectivity index (χ3v) is 7.31. The number of aliphatic imine (C=N–C) groups is 1. The van der Waals surface area contributed by atoms with E-state index in [1.165, 1.54) is 65.2 Å². The Balaban J connectivity index is 1.40. The van der Waals surface area contributed by atoms with Gasteiger partial charge < -0.3 is 9.13 Å². The molecule has 0 spiro atoms. The first-order valence-corrected chi connectivity index (χ1v) is 12.3. The predicted molar refractivity (Wildman–Crippen MR) is 142 cm³/mol. The normalized spacial score (nSPS) is 14.2. The van der Waals surface area contributed by atoms with Crippen LogP contribution in [0.15, 0.2) is 77.8 Å². The molecule has 1 saturated carbocycles. The lowest BCUT2D eigenvalue weighted by atomic mass is 9.98. The van der Waals surface area contributed by atoms with Crippen molar-refractivity contribution in [3.05, 3.63) is 78.4 Å². The van der Waals surface area contributed by atoms with Crippen molar-refractivity contribution in [2.24, 2.45) is 19.1 Å². The van der Waals surface area contributed by atoms with Crippen LogP contribution < -0.4 is 0 Å². The van der Waals surface area contributed by atoms with E-state index < -0.39 is 0 Å². The Labute approximate surface area is 200 Å². The molecule has 0 radical (unpaired) electrons. The summed E-state index contributed by atoms with van der Waals surface area (Å²) in [5.41, 5.74) is 9.38. The fourth-order valence-electron chi connectivity index (χ4n) is 5.38. The zero-order chi connectivity index (χ0) is 23.1. The second-order valence-electron chi connectivity index (χ2n) is 9.44. The summed E-state index contributed by atoms with van der Waals surface area (Å²) in [6.07, 6.45) is 6.26. The van der Waals surface area contributed by atoms with Crippen molar-refractivity contribution in [2.45, 2.75) is 38.6 Å². The van der Waals surface area contributed by atoms with Gasteiger partial charge in [-0.3, -0.25) is 4.99 Å². The van der Waals surface area contributed by atoms with Gasteiger partial charge in [-0.15, -0.1) is 0 Å². The van der Waals surface area contributed by atoms with E-state index in [1.807, 2.05) is 0 Å². The van der Waals surface area contributed by atoms with Crippen molar-refractivity contribution in [3.8, 4) is 22.8 Å². The molecule has 3 aromatic heterocycles. The van der Waals surface area contributed by atoms with Gasteiger partial charge in [0.15, 0.2) is 0 Å². The SMILES string of the molecule is Cn1c(-c2cccc(-c3cc4c(CN=C5CCCCC5)cccc4n3C)n2)cc2ccccc21. The van der Waals surface area contributed by atoms with Gasteiger partial charge in [-0.1, -0.05) is 42.8 Å². The number of para-hydroxylation sites is 1. The van der Waals surface area contributed by atoms with E-state index in [1.54, 1.807) is 0 Å². The summed E-state index contributed by atoms with van der Waals surface area (Å²) < 4.78 is 4.49. The van der Waals surface area contributed by atoms with E-state index in [4.69, 9.17) is 9.98 Å². The zero-order valence-corrected chi connectivity index (χ0v) is 20.0. The quantitative estimate of drug-likeness (QED) is 0.285. The van der Waals surface area contributed by atoms with E-state index >= 15 is 0 Å². The highest BCUT2D eigenvalue weighted by molar-refractivity contribution is 5.90. The van der Waals surface area contributed by atoms with Gasteiger partial charge in [-0.2, -0.15) is 0 Å². The van der Waals surface area contributed by atoms with Crippen LogP contribution in [0.3, 0.4) is 0 Å². The summed E-state index contributed by atoms with van der Waals surface area (Å²) in [5, 5.41) is 2.51. The molecule has 1 aliphatic carbocycles. The molecular weight excluding hydrogens is 416 g/mol. The predicted octanol–water partition coefficient (Wildman–Crippen LogP) is 7.30. The molecule has 0 aliphatic heterocycles. The second-order valence-corrected chi connectivity index (χ2v) is 9.44. The number of hydrogen-bond acceptors (Lipinski definition) is 2. The van der Waals surface area contributed by atoms with Crippen molar-refractivity contribution < 1.29 is 0 Å². The Hall–Kier alpha value is -3.66. The van der Waals surface area contributed by atoms with Crippen LogP contribution in [-0.2, 0) is 20.6 Å². The fraction of sp³-hybridized carbons (Fsp3) is 0.267. The first kappa shape index (κ1) is 20.9. The molecule has 0 amide bonds. The molecule has 1 fully saturated rings. The van der Waals surface area contributed by atoms with E-state index in [0.29, 0.717) is 0 Å². The molecule has 0 unspecified atom stereocenters. The summed E-state index contributed by atoms with van der Waals surface area (Å²) in [5.74, 6) is 0. The van der Waals surface area contributed by atoms with Crippen molar-refractivity contribution in [3.63, 3.8) is 0 Å². The molecule has 0 N–H and O–H groups in total. The number of nitrogens with zero attached hydrogens (tertiary/aromatic N) is 4. The van der Waals surface area contributed by atoms with Gasteiger partial charge in [0.05, 0.1) is 29.3 Å². The van der Waals surface area contributed by atoms with Crippen molar-refractivity contribution in [1.29, 1.82) is 0 Å². The number of rotatable bonds is 4. The van der Waals surface area contributed by atoms with Gasteiger partial charge in [0.2, 0.25) is 0 Å². The van der Waals surface area contributed by atoms with Crippen LogP contribution in [0, 0.1) is 0 Å². The molecule has 170 valence electrons. The summed E-state index contributed by atoms with van der Waals surface area (Å²) in [6, 6.07) is 25.9. The van der Waals surface area contributed by atoms with Crippen LogP contribution in [0.2, 0.25) is 0 Å². The molecule has 0 saturated heterocycles. The lowest BCUT2D eigenvalue weighted by Gasteiger charge is -2.12. The van der Waals surface area contributed by atoms with E-state index in [2.05, 4.69) is 96.0 Å². The van der Waals surface area contributed by atoms with Gasteiger partial charge >= 0.3 is 0 Å². The number of aryl methyl sites for hydroxylation is 2. The summed E-state index contributed by atoms with van der Waals surface area (Å²) in [6.45, 7) is 0.763. The first-order valence-electron chi connectivity index (χ1n) is 12.3. The molecule has 3 heterocycles. The Morgan fingerprint density at radius 3 is 2.21 bits per heavy atom. The van der Waals surface area contributed by atoms with Gasteiger partial charge in [-0.05, 0) is 67.6 Å². The third kappa shape index (κ3) is 3.63.